The average molecular weight is 209 g/mol. The first-order chi connectivity index (χ1) is 7.26. The van der Waals surface area contributed by atoms with E-state index in [4.69, 9.17) is 0 Å². The van der Waals surface area contributed by atoms with E-state index in [2.05, 4.69) is 20.4 Å². The van der Waals surface area contributed by atoms with Gasteiger partial charge in [0.25, 0.3) is 0 Å². The summed E-state index contributed by atoms with van der Waals surface area (Å²) >= 11 is 0. The van der Waals surface area contributed by atoms with Crippen molar-refractivity contribution in [2.45, 2.75) is 6.42 Å². The fourth-order valence-corrected chi connectivity index (χ4v) is 1.09. The number of anilines is 2. The second kappa shape index (κ2) is 5.85. The van der Waals surface area contributed by atoms with Crippen molar-refractivity contribution >= 4 is 17.5 Å². The Kier molecular flexibility index (Phi) is 4.40. The van der Waals surface area contributed by atoms with E-state index in [0.29, 0.717) is 13.0 Å². The molecule has 82 valence electrons. The molecule has 1 rings (SSSR count). The van der Waals surface area contributed by atoms with Crippen molar-refractivity contribution in [1.82, 2.24) is 4.98 Å². The number of methoxy groups -OCH3 is 1. The van der Waals surface area contributed by atoms with Crippen molar-refractivity contribution in [1.29, 1.82) is 0 Å². The second-order valence-corrected chi connectivity index (χ2v) is 2.93. The molecule has 5 heteroatoms. The normalized spacial score (nSPS) is 9.47. The maximum atomic E-state index is 10.8. The van der Waals surface area contributed by atoms with E-state index in [9.17, 15) is 4.79 Å². The predicted molar refractivity (Wildman–Crippen MR) is 58.9 cm³/mol. The predicted octanol–water partition coefficient (Wildman–Crippen LogP) is 1.10. The Morgan fingerprint density at radius 2 is 2.40 bits per heavy atom. The van der Waals surface area contributed by atoms with Crippen LogP contribution in [0.2, 0.25) is 0 Å². The number of carbonyl (C=O) groups is 1. The van der Waals surface area contributed by atoms with Gasteiger partial charge in [-0.3, -0.25) is 4.79 Å². The zero-order chi connectivity index (χ0) is 11.1. The molecule has 1 heterocycles. The number of nitrogens with one attached hydrogen (secondary N) is 2. The summed E-state index contributed by atoms with van der Waals surface area (Å²) < 4.78 is 4.53. The van der Waals surface area contributed by atoms with Crippen molar-refractivity contribution in [2.75, 3.05) is 31.3 Å². The highest BCUT2D eigenvalue weighted by atomic mass is 16.5. The van der Waals surface area contributed by atoms with Gasteiger partial charge in [0.05, 0.1) is 13.5 Å². The van der Waals surface area contributed by atoms with E-state index >= 15 is 0 Å². The molecule has 0 saturated heterocycles. The lowest BCUT2D eigenvalue weighted by Gasteiger charge is -2.06. The van der Waals surface area contributed by atoms with Gasteiger partial charge in [0, 0.05) is 31.5 Å². The van der Waals surface area contributed by atoms with Gasteiger partial charge in [-0.25, -0.2) is 4.98 Å². The Bertz CT molecular complexity index is 328. The Morgan fingerprint density at radius 1 is 1.60 bits per heavy atom. The highest BCUT2D eigenvalue weighted by Gasteiger charge is 1.99. The molecular formula is C10H15N3O2. The summed E-state index contributed by atoms with van der Waals surface area (Å²) in [5, 5.41) is 6.04. The molecule has 2 N–H and O–H groups in total. The van der Waals surface area contributed by atoms with Crippen LogP contribution in [0.3, 0.4) is 0 Å². The minimum absolute atomic E-state index is 0.217. The van der Waals surface area contributed by atoms with Crippen molar-refractivity contribution in [2.24, 2.45) is 0 Å². The van der Waals surface area contributed by atoms with E-state index in [1.165, 1.54) is 7.11 Å². The quantitative estimate of drug-likeness (QED) is 0.711. The number of ether oxygens (including phenoxy) is 1. The van der Waals surface area contributed by atoms with Crippen LogP contribution in [0.4, 0.5) is 11.5 Å². The Morgan fingerprint density at radius 3 is 3.07 bits per heavy atom. The molecule has 1 aromatic rings. The molecule has 0 atom stereocenters. The molecule has 0 bridgehead atoms. The molecule has 0 spiro atoms. The molecule has 0 aliphatic rings. The number of hydrogen-bond donors (Lipinski definition) is 2. The standard InChI is InChI=1S/C10H15N3O2/c1-11-9-7-8(3-5-13-9)12-6-4-10(14)15-2/h3,5,7H,4,6H2,1-2H3,(H2,11,12,13). The SMILES string of the molecule is CNc1cc(NCCC(=O)OC)ccn1. The van der Waals surface area contributed by atoms with Crippen molar-refractivity contribution < 1.29 is 9.53 Å². The van der Waals surface area contributed by atoms with E-state index in [0.717, 1.165) is 11.5 Å². The van der Waals surface area contributed by atoms with Gasteiger partial charge in [-0.2, -0.15) is 0 Å². The van der Waals surface area contributed by atoms with Crippen LogP contribution in [0.15, 0.2) is 18.3 Å². The van der Waals surface area contributed by atoms with Gasteiger partial charge in [-0.1, -0.05) is 0 Å². The van der Waals surface area contributed by atoms with E-state index in [1.807, 2.05) is 12.1 Å². The molecule has 5 nitrogen and oxygen atoms in total. The Hall–Kier alpha value is -1.78. The zero-order valence-electron chi connectivity index (χ0n) is 8.91. The van der Waals surface area contributed by atoms with E-state index < -0.39 is 0 Å². The Balaban J connectivity index is 2.40. The minimum Gasteiger partial charge on any atom is -0.469 e. The van der Waals surface area contributed by atoms with Gasteiger partial charge in [0.2, 0.25) is 0 Å². The summed E-state index contributed by atoms with van der Waals surface area (Å²) in [6, 6.07) is 3.72. The van der Waals surface area contributed by atoms with Crippen LogP contribution in [0, 0.1) is 0 Å². The molecule has 1 aromatic heterocycles. The van der Waals surface area contributed by atoms with Gasteiger partial charge in [-0.05, 0) is 6.07 Å². The Labute approximate surface area is 88.9 Å². The number of hydrogen-bond acceptors (Lipinski definition) is 5. The first kappa shape index (κ1) is 11.3. The molecule has 0 saturated carbocycles. The van der Waals surface area contributed by atoms with E-state index in [-0.39, 0.29) is 5.97 Å². The maximum Gasteiger partial charge on any atom is 0.307 e. The molecule has 0 aliphatic heterocycles. The monoisotopic (exact) mass is 209 g/mol. The van der Waals surface area contributed by atoms with Crippen LogP contribution < -0.4 is 10.6 Å². The van der Waals surface area contributed by atoms with Crippen LogP contribution in [-0.2, 0) is 9.53 Å². The van der Waals surface area contributed by atoms with Gasteiger partial charge < -0.3 is 15.4 Å². The first-order valence-corrected chi connectivity index (χ1v) is 4.70. The van der Waals surface area contributed by atoms with E-state index in [1.54, 1.807) is 13.2 Å². The summed E-state index contributed by atoms with van der Waals surface area (Å²) in [6.45, 7) is 0.555. The lowest BCUT2D eigenvalue weighted by Crippen LogP contribution is -2.09. The van der Waals surface area contributed by atoms with Crippen molar-refractivity contribution in [3.05, 3.63) is 18.3 Å². The molecule has 0 amide bonds. The van der Waals surface area contributed by atoms with Crippen LogP contribution >= 0.6 is 0 Å². The van der Waals surface area contributed by atoms with Crippen LogP contribution in [0.1, 0.15) is 6.42 Å². The first-order valence-electron chi connectivity index (χ1n) is 4.70. The lowest BCUT2D eigenvalue weighted by molar-refractivity contribution is -0.140. The zero-order valence-corrected chi connectivity index (χ0v) is 8.91. The number of pyridine rings is 1. The smallest absolute Gasteiger partial charge is 0.307 e. The molecular weight excluding hydrogens is 194 g/mol. The van der Waals surface area contributed by atoms with Gasteiger partial charge in [-0.15, -0.1) is 0 Å². The van der Waals surface area contributed by atoms with Crippen LogP contribution in [0.5, 0.6) is 0 Å². The molecule has 0 unspecified atom stereocenters. The number of carbonyl (C=O) groups excluding carboxylic acids is 1. The second-order valence-electron chi connectivity index (χ2n) is 2.93. The molecule has 0 aromatic carbocycles. The van der Waals surface area contributed by atoms with Crippen LogP contribution in [0.25, 0.3) is 0 Å². The summed E-state index contributed by atoms with van der Waals surface area (Å²) in [7, 11) is 3.19. The fraction of sp³-hybridized carbons (Fsp3) is 0.400. The highest BCUT2D eigenvalue weighted by molar-refractivity contribution is 5.69. The average Bonchev–Trinajstić information content (AvgIpc) is 2.29. The fourth-order valence-electron chi connectivity index (χ4n) is 1.09. The highest BCUT2D eigenvalue weighted by Crippen LogP contribution is 2.10. The molecule has 0 radical (unpaired) electrons. The van der Waals surface area contributed by atoms with Crippen molar-refractivity contribution in [3.8, 4) is 0 Å². The number of nitrogens with zero attached hydrogens (tertiary/aromatic N) is 1. The number of aromatic nitrogens is 1. The lowest BCUT2D eigenvalue weighted by atomic mass is 10.3. The maximum absolute atomic E-state index is 10.8. The summed E-state index contributed by atoms with van der Waals surface area (Å²) in [6.07, 6.45) is 2.06. The van der Waals surface area contributed by atoms with Crippen LogP contribution in [-0.4, -0.2) is 31.7 Å². The third-order valence-corrected chi connectivity index (χ3v) is 1.90. The summed E-state index contributed by atoms with van der Waals surface area (Å²) in [4.78, 5) is 14.9. The third kappa shape index (κ3) is 3.84. The van der Waals surface area contributed by atoms with Crippen molar-refractivity contribution in [3.63, 3.8) is 0 Å². The van der Waals surface area contributed by atoms with Gasteiger partial charge >= 0.3 is 5.97 Å². The molecule has 0 fully saturated rings. The molecule has 15 heavy (non-hydrogen) atoms. The topological polar surface area (TPSA) is 63.2 Å². The summed E-state index contributed by atoms with van der Waals surface area (Å²) in [5.74, 6) is 0.573. The molecule has 0 aliphatic carbocycles. The third-order valence-electron chi connectivity index (χ3n) is 1.90. The van der Waals surface area contributed by atoms with Gasteiger partial charge in [0.1, 0.15) is 5.82 Å². The number of esters is 1. The number of rotatable bonds is 5. The summed E-state index contributed by atoms with van der Waals surface area (Å²) in [5.41, 5.74) is 0.929. The van der Waals surface area contributed by atoms with Gasteiger partial charge in [0.15, 0.2) is 0 Å². The minimum atomic E-state index is -0.217. The largest absolute Gasteiger partial charge is 0.469 e.